The molecule has 1 N–H and O–H groups in total. The van der Waals surface area contributed by atoms with Gasteiger partial charge < -0.3 is 14.6 Å². The van der Waals surface area contributed by atoms with Gasteiger partial charge in [0.2, 0.25) is 0 Å². The molecule has 2 atom stereocenters. The lowest BCUT2D eigenvalue weighted by Crippen LogP contribution is -2.19. The van der Waals surface area contributed by atoms with Crippen molar-refractivity contribution in [2.24, 2.45) is 0 Å². The van der Waals surface area contributed by atoms with Crippen molar-refractivity contribution in [2.75, 3.05) is 7.11 Å². The first-order valence-corrected chi connectivity index (χ1v) is 6.94. The molecule has 0 bridgehead atoms. The van der Waals surface area contributed by atoms with Gasteiger partial charge in [-0.05, 0) is 35.9 Å². The number of methoxy groups -OCH3 is 1. The van der Waals surface area contributed by atoms with E-state index in [0.29, 0.717) is 23.5 Å². The largest absolute Gasteiger partial charge is 0.497 e. The van der Waals surface area contributed by atoms with Crippen molar-refractivity contribution in [1.82, 2.24) is 0 Å². The Kier molecular flexibility index (Phi) is 3.74. The molecule has 2 aromatic rings. The number of ether oxygens (including phenoxy) is 2. The average molecular weight is 309 g/mol. The standard InChI is InChI=1S/C16H14ClFO3/c1-20-10-3-5-15-11(7-10)14(19)8-16(21-15)9-2-4-13(18)12(17)6-9/h2-7,14,16,19H,8H2,1H3. The first-order valence-electron chi connectivity index (χ1n) is 6.56. The van der Waals surface area contributed by atoms with Crippen LogP contribution in [0.25, 0.3) is 0 Å². The zero-order valence-electron chi connectivity index (χ0n) is 11.3. The fraction of sp³-hybridized carbons (Fsp3) is 0.250. The van der Waals surface area contributed by atoms with E-state index in [0.717, 1.165) is 5.56 Å². The minimum Gasteiger partial charge on any atom is -0.497 e. The minimum atomic E-state index is -0.669. The second-order valence-corrected chi connectivity index (χ2v) is 5.34. The van der Waals surface area contributed by atoms with Crippen LogP contribution in [0, 0.1) is 5.82 Å². The molecule has 3 nitrogen and oxygen atoms in total. The van der Waals surface area contributed by atoms with E-state index < -0.39 is 11.9 Å². The molecule has 0 radical (unpaired) electrons. The summed E-state index contributed by atoms with van der Waals surface area (Å²) in [5.41, 5.74) is 1.43. The lowest BCUT2D eigenvalue weighted by molar-refractivity contribution is 0.0654. The van der Waals surface area contributed by atoms with Crippen LogP contribution in [0.1, 0.15) is 29.8 Å². The Morgan fingerprint density at radius 1 is 1.29 bits per heavy atom. The van der Waals surface area contributed by atoms with Crippen LogP contribution in [0.4, 0.5) is 4.39 Å². The molecule has 2 aromatic carbocycles. The molecule has 1 aliphatic heterocycles. The summed E-state index contributed by atoms with van der Waals surface area (Å²) >= 11 is 5.80. The number of hydrogen-bond acceptors (Lipinski definition) is 3. The number of rotatable bonds is 2. The second-order valence-electron chi connectivity index (χ2n) is 4.94. The summed E-state index contributed by atoms with van der Waals surface area (Å²) in [6.07, 6.45) is -0.654. The first-order chi connectivity index (χ1) is 10.1. The van der Waals surface area contributed by atoms with Gasteiger partial charge in [0.05, 0.1) is 18.2 Å². The van der Waals surface area contributed by atoms with Gasteiger partial charge in [-0.15, -0.1) is 0 Å². The molecular formula is C16H14ClFO3. The number of hydrogen-bond donors (Lipinski definition) is 1. The monoisotopic (exact) mass is 308 g/mol. The van der Waals surface area contributed by atoms with E-state index in [2.05, 4.69) is 0 Å². The summed E-state index contributed by atoms with van der Waals surface area (Å²) in [5, 5.41) is 10.3. The highest BCUT2D eigenvalue weighted by Crippen LogP contribution is 2.42. The minimum absolute atomic E-state index is 0.0473. The van der Waals surface area contributed by atoms with E-state index >= 15 is 0 Å². The van der Waals surface area contributed by atoms with E-state index in [9.17, 15) is 9.50 Å². The zero-order valence-corrected chi connectivity index (χ0v) is 12.1. The van der Waals surface area contributed by atoms with Crippen LogP contribution in [-0.2, 0) is 0 Å². The fourth-order valence-electron chi connectivity index (χ4n) is 2.47. The highest BCUT2D eigenvalue weighted by Gasteiger charge is 2.28. The van der Waals surface area contributed by atoms with E-state index in [1.807, 2.05) is 0 Å². The predicted molar refractivity (Wildman–Crippen MR) is 77.3 cm³/mol. The van der Waals surface area contributed by atoms with Crippen molar-refractivity contribution < 1.29 is 19.0 Å². The molecule has 0 spiro atoms. The fourth-order valence-corrected chi connectivity index (χ4v) is 2.66. The smallest absolute Gasteiger partial charge is 0.141 e. The molecule has 3 rings (SSSR count). The van der Waals surface area contributed by atoms with Crippen LogP contribution in [0.15, 0.2) is 36.4 Å². The van der Waals surface area contributed by atoms with Crippen molar-refractivity contribution in [3.8, 4) is 11.5 Å². The highest BCUT2D eigenvalue weighted by molar-refractivity contribution is 6.30. The van der Waals surface area contributed by atoms with Crippen LogP contribution in [0.2, 0.25) is 5.02 Å². The highest BCUT2D eigenvalue weighted by atomic mass is 35.5. The maximum atomic E-state index is 13.2. The molecular weight excluding hydrogens is 295 g/mol. The van der Waals surface area contributed by atoms with Gasteiger partial charge in [0, 0.05) is 12.0 Å². The Morgan fingerprint density at radius 2 is 2.10 bits per heavy atom. The normalized spacial score (nSPS) is 20.6. The van der Waals surface area contributed by atoms with Crippen LogP contribution in [0.5, 0.6) is 11.5 Å². The molecule has 0 saturated heterocycles. The van der Waals surface area contributed by atoms with Crippen molar-refractivity contribution in [1.29, 1.82) is 0 Å². The van der Waals surface area contributed by atoms with Gasteiger partial charge in [0.1, 0.15) is 23.4 Å². The molecule has 0 amide bonds. The number of halogens is 2. The van der Waals surface area contributed by atoms with Gasteiger partial charge in [-0.25, -0.2) is 4.39 Å². The van der Waals surface area contributed by atoms with E-state index in [1.165, 1.54) is 12.1 Å². The molecule has 21 heavy (non-hydrogen) atoms. The molecule has 1 heterocycles. The molecule has 5 heteroatoms. The van der Waals surface area contributed by atoms with Gasteiger partial charge in [-0.2, -0.15) is 0 Å². The maximum absolute atomic E-state index is 13.2. The summed E-state index contributed by atoms with van der Waals surface area (Å²) in [6.45, 7) is 0. The predicted octanol–water partition coefficient (Wildman–Crippen LogP) is 4.04. The number of benzene rings is 2. The molecule has 0 saturated carbocycles. The number of aliphatic hydroxyl groups excluding tert-OH is 1. The van der Waals surface area contributed by atoms with Gasteiger partial charge >= 0.3 is 0 Å². The SMILES string of the molecule is COc1ccc2c(c1)C(O)CC(c1ccc(F)c(Cl)c1)O2. The quantitative estimate of drug-likeness (QED) is 0.910. The molecule has 110 valence electrons. The van der Waals surface area contributed by atoms with Gasteiger partial charge in [-0.3, -0.25) is 0 Å². The maximum Gasteiger partial charge on any atom is 0.141 e. The topological polar surface area (TPSA) is 38.7 Å². The first kappa shape index (κ1) is 14.2. The number of fused-ring (bicyclic) bond motifs is 1. The Bertz CT molecular complexity index is 675. The van der Waals surface area contributed by atoms with Crippen molar-refractivity contribution >= 4 is 11.6 Å². The van der Waals surface area contributed by atoms with E-state index in [1.54, 1.807) is 31.4 Å². The summed E-state index contributed by atoms with van der Waals surface area (Å²) in [4.78, 5) is 0. The lowest BCUT2D eigenvalue weighted by Gasteiger charge is -2.30. The molecule has 0 aliphatic carbocycles. The Morgan fingerprint density at radius 3 is 2.81 bits per heavy atom. The number of aliphatic hydroxyl groups is 1. The summed E-state index contributed by atoms with van der Waals surface area (Å²) < 4.78 is 24.3. The third-order valence-corrected chi connectivity index (χ3v) is 3.89. The van der Waals surface area contributed by atoms with Gasteiger partial charge in [-0.1, -0.05) is 17.7 Å². The zero-order chi connectivity index (χ0) is 15.0. The third-order valence-electron chi connectivity index (χ3n) is 3.60. The molecule has 1 aliphatic rings. The van der Waals surface area contributed by atoms with Crippen LogP contribution < -0.4 is 9.47 Å². The molecule has 0 aromatic heterocycles. The van der Waals surface area contributed by atoms with E-state index in [-0.39, 0.29) is 11.1 Å². The third kappa shape index (κ3) is 2.69. The Balaban J connectivity index is 1.92. The average Bonchev–Trinajstić information content (AvgIpc) is 2.49. The van der Waals surface area contributed by atoms with Crippen LogP contribution >= 0.6 is 11.6 Å². The van der Waals surface area contributed by atoms with Gasteiger partial charge in [0.15, 0.2) is 0 Å². The molecule has 2 unspecified atom stereocenters. The van der Waals surface area contributed by atoms with Crippen LogP contribution in [0.3, 0.4) is 0 Å². The van der Waals surface area contributed by atoms with Crippen molar-refractivity contribution in [3.05, 3.63) is 58.4 Å². The lowest BCUT2D eigenvalue weighted by atomic mass is 9.95. The Hall–Kier alpha value is -1.78. The van der Waals surface area contributed by atoms with E-state index in [4.69, 9.17) is 21.1 Å². The summed E-state index contributed by atoms with van der Waals surface area (Å²) in [5.74, 6) is 0.793. The summed E-state index contributed by atoms with van der Waals surface area (Å²) in [7, 11) is 1.57. The van der Waals surface area contributed by atoms with Crippen LogP contribution in [-0.4, -0.2) is 12.2 Å². The van der Waals surface area contributed by atoms with Crippen molar-refractivity contribution in [3.63, 3.8) is 0 Å². The second kappa shape index (κ2) is 5.54. The summed E-state index contributed by atoms with van der Waals surface area (Å²) in [6, 6.07) is 9.74. The van der Waals surface area contributed by atoms with Crippen molar-refractivity contribution in [2.45, 2.75) is 18.6 Å². The Labute approximate surface area is 126 Å². The molecule has 0 fully saturated rings. The van der Waals surface area contributed by atoms with Gasteiger partial charge in [0.25, 0.3) is 0 Å².